The Kier molecular flexibility index (Phi) is 6.01. The number of hydrogen-bond acceptors (Lipinski definition) is 3. The molecule has 0 aliphatic rings. The first kappa shape index (κ1) is 15.4. The van der Waals surface area contributed by atoms with Crippen LogP contribution >= 0.6 is 0 Å². The maximum Gasteiger partial charge on any atom is 0.312 e. The van der Waals surface area contributed by atoms with Crippen LogP contribution in [0.4, 0.5) is 0 Å². The van der Waals surface area contributed by atoms with Crippen LogP contribution in [-0.4, -0.2) is 26.2 Å². The van der Waals surface area contributed by atoms with E-state index < -0.39 is 5.41 Å². The van der Waals surface area contributed by atoms with Gasteiger partial charge in [-0.25, -0.2) is 0 Å². The maximum absolute atomic E-state index is 12.1. The minimum Gasteiger partial charge on any atom is -0.465 e. The van der Waals surface area contributed by atoms with Gasteiger partial charge in [0.2, 0.25) is 0 Å². The second-order valence-corrected chi connectivity index (χ2v) is 5.53. The highest BCUT2D eigenvalue weighted by Gasteiger charge is 2.43. The molecule has 16 heavy (non-hydrogen) atoms. The lowest BCUT2D eigenvalue weighted by Gasteiger charge is -2.38. The standard InChI is InChI=1S/C13H27NO2/c1-7-13(5,12(2,3)4)11(15)16-10-8-9-14-6/h14H,7-10H2,1-6H3/t13-/m1/s1. The highest BCUT2D eigenvalue weighted by atomic mass is 16.5. The number of carbonyl (C=O) groups is 1. The molecule has 0 amide bonds. The van der Waals surface area contributed by atoms with Crippen molar-refractivity contribution < 1.29 is 9.53 Å². The summed E-state index contributed by atoms with van der Waals surface area (Å²) in [5.41, 5.74) is -0.464. The second-order valence-electron chi connectivity index (χ2n) is 5.53. The molecule has 0 radical (unpaired) electrons. The number of hydrogen-bond donors (Lipinski definition) is 1. The lowest BCUT2D eigenvalue weighted by atomic mass is 9.66. The van der Waals surface area contributed by atoms with Gasteiger partial charge in [0.05, 0.1) is 12.0 Å². The number of ether oxygens (including phenoxy) is 1. The molecule has 0 spiro atoms. The van der Waals surface area contributed by atoms with Gasteiger partial charge in [0, 0.05) is 0 Å². The van der Waals surface area contributed by atoms with Gasteiger partial charge in [-0.2, -0.15) is 0 Å². The summed E-state index contributed by atoms with van der Waals surface area (Å²) in [6.07, 6.45) is 1.67. The fraction of sp³-hybridized carbons (Fsp3) is 0.923. The van der Waals surface area contributed by atoms with Crippen molar-refractivity contribution in [2.24, 2.45) is 10.8 Å². The molecule has 0 aliphatic heterocycles. The zero-order chi connectivity index (χ0) is 12.8. The number of nitrogens with one attached hydrogen (secondary N) is 1. The van der Waals surface area contributed by atoms with Crippen LogP contribution in [0.5, 0.6) is 0 Å². The molecule has 3 nitrogen and oxygen atoms in total. The van der Waals surface area contributed by atoms with Crippen molar-refractivity contribution in [3.05, 3.63) is 0 Å². The molecular weight excluding hydrogens is 202 g/mol. The van der Waals surface area contributed by atoms with Crippen molar-refractivity contribution in [3.63, 3.8) is 0 Å². The van der Waals surface area contributed by atoms with Crippen molar-refractivity contribution in [1.82, 2.24) is 5.32 Å². The second kappa shape index (κ2) is 6.24. The third-order valence-corrected chi connectivity index (χ3v) is 3.62. The summed E-state index contributed by atoms with van der Waals surface area (Å²) in [6, 6.07) is 0. The first-order chi connectivity index (χ1) is 7.29. The van der Waals surface area contributed by atoms with Crippen molar-refractivity contribution in [3.8, 4) is 0 Å². The first-order valence-corrected chi connectivity index (χ1v) is 6.11. The fourth-order valence-electron chi connectivity index (χ4n) is 1.55. The van der Waals surface area contributed by atoms with E-state index in [1.54, 1.807) is 0 Å². The van der Waals surface area contributed by atoms with Crippen molar-refractivity contribution >= 4 is 5.97 Å². The van der Waals surface area contributed by atoms with E-state index in [1.165, 1.54) is 0 Å². The molecule has 1 N–H and O–H groups in total. The summed E-state index contributed by atoms with van der Waals surface area (Å²) in [5, 5.41) is 3.03. The molecule has 0 aliphatic carbocycles. The van der Waals surface area contributed by atoms with E-state index >= 15 is 0 Å². The zero-order valence-electron chi connectivity index (χ0n) is 11.6. The van der Waals surface area contributed by atoms with Crippen LogP contribution in [0.15, 0.2) is 0 Å². The summed E-state index contributed by atoms with van der Waals surface area (Å²) in [5.74, 6) is -0.0707. The summed E-state index contributed by atoms with van der Waals surface area (Å²) in [7, 11) is 1.90. The minimum atomic E-state index is -0.396. The molecular formula is C13H27NO2. The Balaban J connectivity index is 4.32. The summed E-state index contributed by atoms with van der Waals surface area (Å²) < 4.78 is 5.35. The lowest BCUT2D eigenvalue weighted by Crippen LogP contribution is -2.41. The Labute approximate surface area is 99.9 Å². The Morgan fingerprint density at radius 2 is 1.81 bits per heavy atom. The van der Waals surface area contributed by atoms with E-state index in [0.717, 1.165) is 19.4 Å². The van der Waals surface area contributed by atoms with E-state index in [-0.39, 0.29) is 11.4 Å². The Morgan fingerprint density at radius 1 is 1.25 bits per heavy atom. The van der Waals surface area contributed by atoms with Crippen LogP contribution in [-0.2, 0) is 9.53 Å². The van der Waals surface area contributed by atoms with Crippen LogP contribution in [0, 0.1) is 10.8 Å². The predicted molar refractivity (Wildman–Crippen MR) is 67.4 cm³/mol. The molecule has 0 rings (SSSR count). The van der Waals surface area contributed by atoms with Gasteiger partial charge in [-0.3, -0.25) is 4.79 Å². The van der Waals surface area contributed by atoms with Gasteiger partial charge in [0.1, 0.15) is 0 Å². The minimum absolute atomic E-state index is 0.0676. The topological polar surface area (TPSA) is 38.3 Å². The molecule has 0 aromatic rings. The molecule has 0 fully saturated rings. The normalized spacial score (nSPS) is 15.6. The average Bonchev–Trinajstić information content (AvgIpc) is 2.21. The molecule has 3 heteroatoms. The van der Waals surface area contributed by atoms with Gasteiger partial charge in [0.25, 0.3) is 0 Å². The van der Waals surface area contributed by atoms with E-state index in [2.05, 4.69) is 26.1 Å². The van der Waals surface area contributed by atoms with Gasteiger partial charge >= 0.3 is 5.97 Å². The van der Waals surface area contributed by atoms with Gasteiger partial charge in [-0.1, -0.05) is 27.7 Å². The smallest absolute Gasteiger partial charge is 0.312 e. The molecule has 96 valence electrons. The molecule has 0 aromatic carbocycles. The monoisotopic (exact) mass is 229 g/mol. The highest BCUT2D eigenvalue weighted by Crippen LogP contribution is 2.42. The van der Waals surface area contributed by atoms with Crippen molar-refractivity contribution in [1.29, 1.82) is 0 Å². The van der Waals surface area contributed by atoms with Crippen LogP contribution in [0.25, 0.3) is 0 Å². The summed E-state index contributed by atoms with van der Waals surface area (Å²) in [4.78, 5) is 12.1. The van der Waals surface area contributed by atoms with Crippen LogP contribution in [0.2, 0.25) is 0 Å². The van der Waals surface area contributed by atoms with Gasteiger partial charge in [-0.05, 0) is 38.8 Å². The zero-order valence-corrected chi connectivity index (χ0v) is 11.6. The largest absolute Gasteiger partial charge is 0.465 e. The van der Waals surface area contributed by atoms with Crippen molar-refractivity contribution in [2.75, 3.05) is 20.2 Å². The summed E-state index contributed by atoms with van der Waals surface area (Å²) in [6.45, 7) is 11.7. The van der Waals surface area contributed by atoms with E-state index in [4.69, 9.17) is 4.74 Å². The average molecular weight is 229 g/mol. The maximum atomic E-state index is 12.1. The number of rotatable bonds is 6. The van der Waals surface area contributed by atoms with Crippen LogP contribution in [0.3, 0.4) is 0 Å². The fourth-order valence-corrected chi connectivity index (χ4v) is 1.55. The molecule has 0 unspecified atom stereocenters. The molecule has 1 atom stereocenters. The predicted octanol–water partition coefficient (Wildman–Crippen LogP) is 2.60. The van der Waals surface area contributed by atoms with Crippen molar-refractivity contribution in [2.45, 2.75) is 47.5 Å². The number of carbonyl (C=O) groups excluding carboxylic acids is 1. The van der Waals surface area contributed by atoms with Crippen LogP contribution < -0.4 is 5.32 Å². The highest BCUT2D eigenvalue weighted by molar-refractivity contribution is 5.77. The first-order valence-electron chi connectivity index (χ1n) is 6.11. The SMILES string of the molecule is CC[C@](C)(C(=O)OCCCNC)C(C)(C)C. The third kappa shape index (κ3) is 3.78. The lowest BCUT2D eigenvalue weighted by molar-refractivity contribution is -0.162. The molecule has 0 heterocycles. The van der Waals surface area contributed by atoms with Gasteiger partial charge < -0.3 is 10.1 Å². The summed E-state index contributed by atoms with van der Waals surface area (Å²) >= 11 is 0. The Morgan fingerprint density at radius 3 is 2.19 bits per heavy atom. The molecule has 0 aromatic heterocycles. The molecule has 0 bridgehead atoms. The quantitative estimate of drug-likeness (QED) is 0.562. The third-order valence-electron chi connectivity index (χ3n) is 3.62. The molecule has 0 saturated carbocycles. The van der Waals surface area contributed by atoms with E-state index in [9.17, 15) is 4.79 Å². The van der Waals surface area contributed by atoms with Gasteiger partial charge in [0.15, 0.2) is 0 Å². The Bertz CT molecular complexity index is 220. The van der Waals surface area contributed by atoms with E-state index in [0.29, 0.717) is 6.61 Å². The van der Waals surface area contributed by atoms with E-state index in [1.807, 2.05) is 20.9 Å². The molecule has 0 saturated heterocycles. The van der Waals surface area contributed by atoms with Crippen LogP contribution in [0.1, 0.15) is 47.5 Å². The Hall–Kier alpha value is -0.570. The number of esters is 1. The van der Waals surface area contributed by atoms with Gasteiger partial charge in [-0.15, -0.1) is 0 Å².